The third-order valence-corrected chi connectivity index (χ3v) is 3.99. The molecule has 1 atom stereocenters. The molecule has 100 valence electrons. The van der Waals surface area contributed by atoms with Gasteiger partial charge in [-0.05, 0) is 41.5 Å². The molecular weight excluding hydrogens is 354 g/mol. The Morgan fingerprint density at radius 3 is 2.58 bits per heavy atom. The fourth-order valence-electron chi connectivity index (χ4n) is 1.77. The normalized spacial score (nSPS) is 12.5. The highest BCUT2D eigenvalue weighted by molar-refractivity contribution is 9.10. The molecule has 0 aliphatic heterocycles. The van der Waals surface area contributed by atoms with Crippen LogP contribution in [0, 0.1) is 5.82 Å². The Kier molecular flexibility index (Phi) is 4.85. The monoisotopic (exact) mass is 362 g/mol. The van der Waals surface area contributed by atoms with Gasteiger partial charge in [0.15, 0.2) is 0 Å². The summed E-state index contributed by atoms with van der Waals surface area (Å²) in [6.07, 6.45) is -0.485. The second-order valence-corrected chi connectivity index (χ2v) is 5.83. The van der Waals surface area contributed by atoms with Crippen LogP contribution in [-0.4, -0.2) is 5.11 Å². The number of halogens is 4. The van der Waals surface area contributed by atoms with E-state index in [4.69, 9.17) is 23.2 Å². The molecule has 0 fully saturated rings. The van der Waals surface area contributed by atoms with E-state index >= 15 is 0 Å². The van der Waals surface area contributed by atoms with E-state index in [0.29, 0.717) is 16.1 Å². The molecule has 19 heavy (non-hydrogen) atoms. The Bertz CT molecular complexity index is 604. The van der Waals surface area contributed by atoms with Crippen LogP contribution in [0.5, 0.6) is 0 Å². The molecule has 1 nitrogen and oxygen atoms in total. The molecule has 2 rings (SSSR count). The molecule has 0 radical (unpaired) electrons. The van der Waals surface area contributed by atoms with Crippen LogP contribution in [0.25, 0.3) is 0 Å². The van der Waals surface area contributed by atoms with E-state index in [0.717, 1.165) is 4.47 Å². The van der Waals surface area contributed by atoms with Gasteiger partial charge in [-0.2, -0.15) is 0 Å². The van der Waals surface area contributed by atoms with Crippen molar-refractivity contribution in [3.8, 4) is 0 Å². The van der Waals surface area contributed by atoms with Crippen molar-refractivity contribution >= 4 is 39.1 Å². The highest BCUT2D eigenvalue weighted by atomic mass is 79.9. The van der Waals surface area contributed by atoms with Crippen molar-refractivity contribution in [1.29, 1.82) is 0 Å². The van der Waals surface area contributed by atoms with Gasteiger partial charge in [0.05, 0.1) is 11.1 Å². The highest BCUT2D eigenvalue weighted by Gasteiger charge is 2.13. The molecule has 0 saturated heterocycles. The maximum Gasteiger partial charge on any atom is 0.142 e. The minimum Gasteiger partial charge on any atom is -0.388 e. The fraction of sp³-hybridized carbons (Fsp3) is 0.143. The van der Waals surface area contributed by atoms with Gasteiger partial charge in [-0.15, -0.1) is 0 Å². The Morgan fingerprint density at radius 2 is 1.89 bits per heavy atom. The maximum absolute atomic E-state index is 13.3. The number of rotatable bonds is 3. The molecule has 1 N–H and O–H groups in total. The van der Waals surface area contributed by atoms with Crippen molar-refractivity contribution < 1.29 is 9.50 Å². The van der Waals surface area contributed by atoms with Crippen LogP contribution < -0.4 is 0 Å². The van der Waals surface area contributed by atoms with E-state index in [1.165, 1.54) is 12.1 Å². The van der Waals surface area contributed by atoms with Crippen molar-refractivity contribution in [2.24, 2.45) is 0 Å². The fourth-order valence-corrected chi connectivity index (χ4v) is 2.58. The van der Waals surface area contributed by atoms with Crippen molar-refractivity contribution in [2.75, 3.05) is 0 Å². The number of aliphatic hydroxyl groups excluding tert-OH is 1. The molecule has 0 bridgehead atoms. The van der Waals surface area contributed by atoms with Crippen LogP contribution in [0.15, 0.2) is 40.9 Å². The minimum atomic E-state index is -0.770. The molecule has 0 aliphatic carbocycles. The minimum absolute atomic E-state index is 0.0715. The van der Waals surface area contributed by atoms with E-state index < -0.39 is 11.9 Å². The lowest BCUT2D eigenvalue weighted by Crippen LogP contribution is -2.03. The molecular formula is C14H10BrCl2FO. The molecule has 0 aliphatic rings. The summed E-state index contributed by atoms with van der Waals surface area (Å²) >= 11 is 14.9. The van der Waals surface area contributed by atoms with E-state index in [1.807, 2.05) is 0 Å². The molecule has 5 heteroatoms. The Morgan fingerprint density at radius 1 is 1.16 bits per heavy atom. The summed E-state index contributed by atoms with van der Waals surface area (Å²) in [6, 6.07) is 9.67. The van der Waals surface area contributed by atoms with Gasteiger partial charge in [-0.3, -0.25) is 0 Å². The van der Waals surface area contributed by atoms with Gasteiger partial charge in [-0.1, -0.05) is 45.2 Å². The average molecular weight is 364 g/mol. The molecule has 0 amide bonds. The van der Waals surface area contributed by atoms with Crippen LogP contribution in [0.4, 0.5) is 4.39 Å². The maximum atomic E-state index is 13.3. The smallest absolute Gasteiger partial charge is 0.142 e. The van der Waals surface area contributed by atoms with Gasteiger partial charge < -0.3 is 5.11 Å². The number of hydrogen-bond acceptors (Lipinski definition) is 1. The van der Waals surface area contributed by atoms with Gasteiger partial charge >= 0.3 is 0 Å². The lowest BCUT2D eigenvalue weighted by Gasteiger charge is -2.13. The molecule has 1 unspecified atom stereocenters. The molecule has 0 spiro atoms. The van der Waals surface area contributed by atoms with Gasteiger partial charge in [0, 0.05) is 15.9 Å². The largest absolute Gasteiger partial charge is 0.388 e. The zero-order chi connectivity index (χ0) is 14.0. The van der Waals surface area contributed by atoms with E-state index in [2.05, 4.69) is 15.9 Å². The van der Waals surface area contributed by atoms with Crippen molar-refractivity contribution in [2.45, 2.75) is 12.5 Å². The number of hydrogen-bond donors (Lipinski definition) is 1. The van der Waals surface area contributed by atoms with Gasteiger partial charge in [0.2, 0.25) is 0 Å². The van der Waals surface area contributed by atoms with Gasteiger partial charge in [0.1, 0.15) is 5.82 Å². The van der Waals surface area contributed by atoms with Crippen LogP contribution >= 0.6 is 39.1 Å². The predicted octanol–water partition coefficient (Wildman–Crippen LogP) is 5.17. The van der Waals surface area contributed by atoms with Crippen LogP contribution in [-0.2, 0) is 6.42 Å². The standard InChI is InChI=1S/C14H10BrCl2FO/c15-11-3-2-9(16)7-10(11)14(19)6-8-1-4-12(17)13(18)5-8/h1-5,7,14,19H,6H2. The van der Waals surface area contributed by atoms with Crippen LogP contribution in [0.1, 0.15) is 17.2 Å². The lowest BCUT2D eigenvalue weighted by molar-refractivity contribution is 0.177. The first-order chi connectivity index (χ1) is 8.97. The zero-order valence-corrected chi connectivity index (χ0v) is 12.8. The van der Waals surface area contributed by atoms with Gasteiger partial charge in [0.25, 0.3) is 0 Å². The van der Waals surface area contributed by atoms with Crippen molar-refractivity contribution in [1.82, 2.24) is 0 Å². The average Bonchev–Trinajstić information content (AvgIpc) is 2.36. The molecule has 0 heterocycles. The molecule has 0 saturated carbocycles. The Hall–Kier alpha value is -0.610. The number of aliphatic hydroxyl groups is 1. The molecule has 2 aromatic carbocycles. The highest BCUT2D eigenvalue weighted by Crippen LogP contribution is 2.29. The summed E-state index contributed by atoms with van der Waals surface area (Å²) in [7, 11) is 0. The Balaban J connectivity index is 2.22. The van der Waals surface area contributed by atoms with Gasteiger partial charge in [-0.25, -0.2) is 4.39 Å². The second kappa shape index (κ2) is 6.23. The van der Waals surface area contributed by atoms with Crippen molar-refractivity contribution in [3.63, 3.8) is 0 Å². The summed E-state index contributed by atoms with van der Waals surface area (Å²) in [6.45, 7) is 0. The zero-order valence-electron chi connectivity index (χ0n) is 9.71. The predicted molar refractivity (Wildman–Crippen MR) is 79.2 cm³/mol. The topological polar surface area (TPSA) is 20.2 Å². The number of benzene rings is 2. The summed E-state index contributed by atoms with van der Waals surface area (Å²) in [4.78, 5) is 0. The third-order valence-electron chi connectivity index (χ3n) is 2.73. The first kappa shape index (κ1) is 14.8. The van der Waals surface area contributed by atoms with Crippen LogP contribution in [0.2, 0.25) is 10.0 Å². The Labute approximate surface area is 129 Å². The quantitative estimate of drug-likeness (QED) is 0.797. The third kappa shape index (κ3) is 3.69. The van der Waals surface area contributed by atoms with E-state index in [1.54, 1.807) is 24.3 Å². The van der Waals surface area contributed by atoms with E-state index in [9.17, 15) is 9.50 Å². The first-order valence-corrected chi connectivity index (χ1v) is 7.09. The molecule has 2 aromatic rings. The summed E-state index contributed by atoms with van der Waals surface area (Å²) < 4.78 is 14.1. The summed E-state index contributed by atoms with van der Waals surface area (Å²) in [5, 5.41) is 10.8. The molecule has 0 aromatic heterocycles. The van der Waals surface area contributed by atoms with E-state index in [-0.39, 0.29) is 11.4 Å². The van der Waals surface area contributed by atoms with Crippen molar-refractivity contribution in [3.05, 3.63) is 67.9 Å². The second-order valence-electron chi connectivity index (χ2n) is 4.13. The summed E-state index contributed by atoms with van der Waals surface area (Å²) in [5.74, 6) is -0.489. The lowest BCUT2D eigenvalue weighted by atomic mass is 10.0. The summed E-state index contributed by atoms with van der Waals surface area (Å²) in [5.41, 5.74) is 1.34. The van der Waals surface area contributed by atoms with Crippen LogP contribution in [0.3, 0.4) is 0 Å². The SMILES string of the molecule is OC(Cc1ccc(Cl)c(F)c1)c1cc(Cl)ccc1Br. The first-order valence-electron chi connectivity index (χ1n) is 5.54.